The second-order valence-corrected chi connectivity index (χ2v) is 6.46. The molecule has 0 spiro atoms. The number of nitrogens with one attached hydrogen (secondary N) is 1. The van der Waals surface area contributed by atoms with Crippen molar-refractivity contribution in [3.63, 3.8) is 0 Å². The van der Waals surface area contributed by atoms with Crippen molar-refractivity contribution in [1.29, 1.82) is 0 Å². The number of carbonyl (C=O) groups excluding carboxylic acids is 1. The molecule has 1 amide bonds. The van der Waals surface area contributed by atoms with Crippen LogP contribution >= 0.6 is 0 Å². The van der Waals surface area contributed by atoms with Crippen LogP contribution in [0.15, 0.2) is 36.9 Å². The molecule has 1 aromatic carbocycles. The van der Waals surface area contributed by atoms with Gasteiger partial charge >= 0.3 is 0 Å². The van der Waals surface area contributed by atoms with Crippen molar-refractivity contribution in [3.8, 4) is 5.75 Å². The van der Waals surface area contributed by atoms with Crippen LogP contribution in [0.5, 0.6) is 5.75 Å². The Kier molecular flexibility index (Phi) is 6.00. The highest BCUT2D eigenvalue weighted by atomic mass is 16.5. The number of hydrogen-bond donors (Lipinski definition) is 1. The monoisotopic (exact) mass is 343 g/mol. The van der Waals surface area contributed by atoms with E-state index in [0.29, 0.717) is 13.0 Å². The summed E-state index contributed by atoms with van der Waals surface area (Å²) in [4.78, 5) is 18.2. The number of benzene rings is 1. The summed E-state index contributed by atoms with van der Waals surface area (Å²) in [5, 5.41) is 6.93. The van der Waals surface area contributed by atoms with Gasteiger partial charge in [0.15, 0.2) is 0 Å². The summed E-state index contributed by atoms with van der Waals surface area (Å²) in [5.41, 5.74) is 0.793. The molecule has 1 N–H and O–H groups in total. The van der Waals surface area contributed by atoms with E-state index in [2.05, 4.69) is 27.3 Å². The first-order chi connectivity index (χ1) is 12.2. The standard InChI is InChI=1S/C18H25N5O2/c1-22-11-8-17(9-12-22)25-16-6-4-15(5-7-16)21-18(24)3-2-10-23-14-19-13-20-23/h4-7,13-14,17H,2-3,8-12H2,1H3,(H,21,24). The van der Waals surface area contributed by atoms with Crippen LogP contribution < -0.4 is 10.1 Å². The molecule has 1 saturated heterocycles. The number of rotatable bonds is 7. The number of hydrogen-bond acceptors (Lipinski definition) is 5. The minimum Gasteiger partial charge on any atom is -0.490 e. The largest absolute Gasteiger partial charge is 0.490 e. The summed E-state index contributed by atoms with van der Waals surface area (Å²) in [6, 6.07) is 7.62. The highest BCUT2D eigenvalue weighted by Gasteiger charge is 2.17. The van der Waals surface area contributed by atoms with E-state index in [4.69, 9.17) is 4.74 Å². The van der Waals surface area contributed by atoms with Crippen LogP contribution in [0.1, 0.15) is 25.7 Å². The molecule has 0 radical (unpaired) electrons. The zero-order valence-electron chi connectivity index (χ0n) is 14.6. The number of aryl methyl sites for hydroxylation is 1. The smallest absolute Gasteiger partial charge is 0.224 e. The van der Waals surface area contributed by atoms with E-state index >= 15 is 0 Å². The minimum atomic E-state index is 0.00380. The lowest BCUT2D eigenvalue weighted by Gasteiger charge is -2.29. The Hall–Kier alpha value is -2.41. The zero-order valence-corrected chi connectivity index (χ0v) is 14.6. The summed E-state index contributed by atoms with van der Waals surface area (Å²) < 4.78 is 7.74. The third-order valence-electron chi connectivity index (χ3n) is 4.36. The van der Waals surface area contributed by atoms with Crippen molar-refractivity contribution in [2.24, 2.45) is 0 Å². The van der Waals surface area contributed by atoms with Crippen LogP contribution in [-0.2, 0) is 11.3 Å². The first-order valence-electron chi connectivity index (χ1n) is 8.76. The molecule has 134 valence electrons. The Morgan fingerprint density at radius 1 is 1.28 bits per heavy atom. The van der Waals surface area contributed by atoms with E-state index in [-0.39, 0.29) is 12.0 Å². The van der Waals surface area contributed by atoms with Crippen LogP contribution in [0.4, 0.5) is 5.69 Å². The molecule has 7 heteroatoms. The van der Waals surface area contributed by atoms with Gasteiger partial charge in [-0.25, -0.2) is 4.98 Å². The van der Waals surface area contributed by atoms with Crippen LogP contribution in [-0.4, -0.2) is 51.8 Å². The van der Waals surface area contributed by atoms with Crippen molar-refractivity contribution >= 4 is 11.6 Å². The van der Waals surface area contributed by atoms with Gasteiger partial charge in [0, 0.05) is 31.7 Å². The normalized spacial score (nSPS) is 15.9. The molecule has 2 heterocycles. The molecular weight excluding hydrogens is 318 g/mol. The molecule has 2 aromatic rings. The summed E-state index contributed by atoms with van der Waals surface area (Å²) in [7, 11) is 2.14. The molecular formula is C18H25N5O2. The van der Waals surface area contributed by atoms with Crippen molar-refractivity contribution < 1.29 is 9.53 Å². The molecule has 0 bridgehead atoms. The van der Waals surface area contributed by atoms with E-state index < -0.39 is 0 Å². The van der Waals surface area contributed by atoms with Gasteiger partial charge in [-0.3, -0.25) is 9.48 Å². The topological polar surface area (TPSA) is 72.3 Å². The first-order valence-corrected chi connectivity index (χ1v) is 8.76. The zero-order chi connectivity index (χ0) is 17.5. The lowest BCUT2D eigenvalue weighted by atomic mass is 10.1. The molecule has 7 nitrogen and oxygen atoms in total. The fraction of sp³-hybridized carbons (Fsp3) is 0.500. The highest BCUT2D eigenvalue weighted by molar-refractivity contribution is 5.90. The Morgan fingerprint density at radius 3 is 2.72 bits per heavy atom. The van der Waals surface area contributed by atoms with E-state index in [0.717, 1.165) is 43.8 Å². The van der Waals surface area contributed by atoms with Crippen LogP contribution in [0.3, 0.4) is 0 Å². The summed E-state index contributed by atoms with van der Waals surface area (Å²) in [6.45, 7) is 2.84. The Balaban J connectivity index is 1.40. The fourth-order valence-corrected chi connectivity index (χ4v) is 2.89. The summed E-state index contributed by atoms with van der Waals surface area (Å²) >= 11 is 0. The quantitative estimate of drug-likeness (QED) is 0.834. The van der Waals surface area contributed by atoms with Gasteiger partial charge < -0.3 is 15.0 Å². The Labute approximate surface area is 148 Å². The molecule has 3 rings (SSSR count). The number of likely N-dealkylation sites (tertiary alicyclic amines) is 1. The van der Waals surface area contributed by atoms with Gasteiger partial charge in [-0.15, -0.1) is 0 Å². The average Bonchev–Trinajstić information content (AvgIpc) is 3.12. The Morgan fingerprint density at radius 2 is 2.04 bits per heavy atom. The SMILES string of the molecule is CN1CCC(Oc2ccc(NC(=O)CCCn3cncn3)cc2)CC1. The van der Waals surface area contributed by atoms with Gasteiger partial charge in [-0.1, -0.05) is 0 Å². The number of ether oxygens (including phenoxy) is 1. The number of carbonyl (C=O) groups is 1. The number of nitrogens with zero attached hydrogens (tertiary/aromatic N) is 4. The molecule has 0 saturated carbocycles. The van der Waals surface area contributed by atoms with E-state index in [9.17, 15) is 4.79 Å². The predicted molar refractivity (Wildman–Crippen MR) is 95.5 cm³/mol. The average molecular weight is 343 g/mol. The van der Waals surface area contributed by atoms with Gasteiger partial charge in [0.05, 0.1) is 0 Å². The Bertz CT molecular complexity index is 649. The van der Waals surface area contributed by atoms with Gasteiger partial charge in [0.25, 0.3) is 0 Å². The molecule has 1 aromatic heterocycles. The maximum atomic E-state index is 12.0. The van der Waals surface area contributed by atoms with Gasteiger partial charge in [-0.05, 0) is 50.6 Å². The van der Waals surface area contributed by atoms with Gasteiger partial charge in [0.1, 0.15) is 24.5 Å². The van der Waals surface area contributed by atoms with Crippen LogP contribution in [0.25, 0.3) is 0 Å². The lowest BCUT2D eigenvalue weighted by Crippen LogP contribution is -2.35. The summed E-state index contributed by atoms with van der Waals surface area (Å²) in [6.07, 6.45) is 6.73. The van der Waals surface area contributed by atoms with Crippen molar-refractivity contribution in [2.75, 3.05) is 25.5 Å². The van der Waals surface area contributed by atoms with Crippen molar-refractivity contribution in [1.82, 2.24) is 19.7 Å². The lowest BCUT2D eigenvalue weighted by molar-refractivity contribution is -0.116. The second kappa shape index (κ2) is 8.62. The van der Waals surface area contributed by atoms with E-state index in [1.807, 2.05) is 24.3 Å². The number of anilines is 1. The highest BCUT2D eigenvalue weighted by Crippen LogP contribution is 2.20. The molecule has 0 unspecified atom stereocenters. The molecule has 25 heavy (non-hydrogen) atoms. The number of aromatic nitrogens is 3. The minimum absolute atomic E-state index is 0.00380. The molecule has 1 fully saturated rings. The number of amides is 1. The molecule has 0 atom stereocenters. The third-order valence-corrected chi connectivity index (χ3v) is 4.36. The van der Waals surface area contributed by atoms with E-state index in [1.165, 1.54) is 6.33 Å². The summed E-state index contributed by atoms with van der Waals surface area (Å²) in [5.74, 6) is 0.864. The fourth-order valence-electron chi connectivity index (χ4n) is 2.89. The van der Waals surface area contributed by atoms with Crippen LogP contribution in [0.2, 0.25) is 0 Å². The molecule has 1 aliphatic heterocycles. The predicted octanol–water partition coefficient (Wildman–Crippen LogP) is 2.17. The first kappa shape index (κ1) is 17.4. The maximum absolute atomic E-state index is 12.0. The number of piperidine rings is 1. The van der Waals surface area contributed by atoms with Crippen molar-refractivity contribution in [2.45, 2.75) is 38.3 Å². The second-order valence-electron chi connectivity index (χ2n) is 6.46. The molecule has 1 aliphatic rings. The van der Waals surface area contributed by atoms with E-state index in [1.54, 1.807) is 11.0 Å². The third kappa shape index (κ3) is 5.56. The molecule has 0 aliphatic carbocycles. The van der Waals surface area contributed by atoms with Crippen molar-refractivity contribution in [3.05, 3.63) is 36.9 Å². The maximum Gasteiger partial charge on any atom is 0.224 e. The van der Waals surface area contributed by atoms with Gasteiger partial charge in [0.2, 0.25) is 5.91 Å². The van der Waals surface area contributed by atoms with Crippen LogP contribution in [0, 0.1) is 0 Å². The van der Waals surface area contributed by atoms with Gasteiger partial charge in [-0.2, -0.15) is 5.10 Å².